The Hall–Kier alpha value is -4.38. The van der Waals surface area contributed by atoms with Crippen LogP contribution in [0.25, 0.3) is 5.69 Å². The van der Waals surface area contributed by atoms with E-state index in [1.54, 1.807) is 41.8 Å². The molecule has 1 aromatic heterocycles. The highest BCUT2D eigenvalue weighted by Crippen LogP contribution is 2.29. The molecular weight excluding hydrogens is 492 g/mol. The highest BCUT2D eigenvalue weighted by atomic mass is 32.2. The number of aromatic nitrogens is 3. The van der Waals surface area contributed by atoms with E-state index in [4.69, 9.17) is 4.74 Å². The summed E-state index contributed by atoms with van der Waals surface area (Å²) in [6.07, 6.45) is 0. The van der Waals surface area contributed by atoms with E-state index < -0.39 is 17.0 Å². The summed E-state index contributed by atoms with van der Waals surface area (Å²) in [5.74, 6) is 1.67. The van der Waals surface area contributed by atoms with E-state index in [1.165, 1.54) is 31.0 Å². The number of ether oxygens (including phenoxy) is 1. The number of benzene rings is 3. The van der Waals surface area contributed by atoms with E-state index in [-0.39, 0.29) is 5.69 Å². The van der Waals surface area contributed by atoms with E-state index in [1.807, 2.05) is 31.2 Å². The average molecular weight is 519 g/mol. The number of para-hydroxylation sites is 2. The SMILES string of the molecule is COc1ccccc1NC(=O)NC(C)c1nnc(SCc2cccc(C)c2)n1-c1ccc([N+](=O)[O-])cc1. The van der Waals surface area contributed by atoms with Crippen LogP contribution in [-0.4, -0.2) is 32.8 Å². The van der Waals surface area contributed by atoms with E-state index in [9.17, 15) is 14.9 Å². The van der Waals surface area contributed by atoms with Gasteiger partial charge in [0.25, 0.3) is 5.69 Å². The third-order valence-corrected chi connectivity index (χ3v) is 6.52. The number of hydrogen-bond acceptors (Lipinski definition) is 7. The van der Waals surface area contributed by atoms with Crippen LogP contribution in [-0.2, 0) is 5.75 Å². The smallest absolute Gasteiger partial charge is 0.319 e. The highest BCUT2D eigenvalue weighted by molar-refractivity contribution is 7.98. The summed E-state index contributed by atoms with van der Waals surface area (Å²) in [5.41, 5.74) is 3.45. The molecule has 0 aliphatic carbocycles. The van der Waals surface area contributed by atoms with Crippen LogP contribution in [0.15, 0.2) is 78.0 Å². The summed E-state index contributed by atoms with van der Waals surface area (Å²) in [7, 11) is 1.53. The number of nitrogens with one attached hydrogen (secondary N) is 2. The van der Waals surface area contributed by atoms with Crippen molar-refractivity contribution < 1.29 is 14.5 Å². The molecule has 4 rings (SSSR count). The Morgan fingerprint density at radius 1 is 1.11 bits per heavy atom. The van der Waals surface area contributed by atoms with Crippen molar-refractivity contribution in [2.24, 2.45) is 0 Å². The number of anilines is 1. The Kier molecular flexibility index (Phi) is 8.04. The van der Waals surface area contributed by atoms with Crippen molar-refractivity contribution in [1.29, 1.82) is 0 Å². The molecule has 0 fully saturated rings. The molecule has 3 aromatic carbocycles. The van der Waals surface area contributed by atoms with Crippen molar-refractivity contribution in [2.45, 2.75) is 30.8 Å². The predicted molar refractivity (Wildman–Crippen MR) is 142 cm³/mol. The summed E-state index contributed by atoms with van der Waals surface area (Å²) in [5, 5.41) is 26.2. The van der Waals surface area contributed by atoms with Crippen molar-refractivity contribution in [1.82, 2.24) is 20.1 Å². The van der Waals surface area contributed by atoms with E-state index in [0.717, 1.165) is 11.1 Å². The molecule has 0 saturated carbocycles. The molecular formula is C26H26N6O4S. The van der Waals surface area contributed by atoms with Crippen LogP contribution in [0.5, 0.6) is 5.75 Å². The molecule has 2 amide bonds. The molecule has 0 bridgehead atoms. The highest BCUT2D eigenvalue weighted by Gasteiger charge is 2.22. The number of carbonyl (C=O) groups excluding carboxylic acids is 1. The lowest BCUT2D eigenvalue weighted by atomic mass is 10.2. The number of nitro benzene ring substituents is 1. The molecule has 0 radical (unpaired) electrons. The van der Waals surface area contributed by atoms with Crippen LogP contribution in [0.3, 0.4) is 0 Å². The molecule has 37 heavy (non-hydrogen) atoms. The number of non-ortho nitro benzene ring substituents is 1. The van der Waals surface area contributed by atoms with E-state index in [2.05, 4.69) is 26.9 Å². The third-order valence-electron chi connectivity index (χ3n) is 5.52. The molecule has 0 aliphatic heterocycles. The van der Waals surface area contributed by atoms with Crippen LogP contribution in [0.1, 0.15) is 29.9 Å². The van der Waals surface area contributed by atoms with Gasteiger partial charge in [0.15, 0.2) is 11.0 Å². The number of amides is 2. The zero-order chi connectivity index (χ0) is 26.4. The second-order valence-electron chi connectivity index (χ2n) is 8.25. The second kappa shape index (κ2) is 11.6. The topological polar surface area (TPSA) is 124 Å². The number of rotatable bonds is 9. The Morgan fingerprint density at radius 3 is 2.57 bits per heavy atom. The van der Waals surface area contributed by atoms with Gasteiger partial charge in [-0.1, -0.05) is 53.7 Å². The zero-order valence-electron chi connectivity index (χ0n) is 20.5. The molecule has 10 nitrogen and oxygen atoms in total. The van der Waals surface area contributed by atoms with Gasteiger partial charge in [-0.2, -0.15) is 0 Å². The van der Waals surface area contributed by atoms with Gasteiger partial charge in [-0.15, -0.1) is 10.2 Å². The molecule has 0 aliphatic rings. The second-order valence-corrected chi connectivity index (χ2v) is 9.19. The first-order chi connectivity index (χ1) is 17.9. The maximum Gasteiger partial charge on any atom is 0.319 e. The molecule has 2 N–H and O–H groups in total. The normalized spacial score (nSPS) is 11.5. The maximum absolute atomic E-state index is 12.8. The number of nitrogens with zero attached hydrogens (tertiary/aromatic N) is 4. The minimum Gasteiger partial charge on any atom is -0.495 e. The largest absolute Gasteiger partial charge is 0.495 e. The molecule has 4 aromatic rings. The van der Waals surface area contributed by atoms with Gasteiger partial charge in [0, 0.05) is 23.6 Å². The fourth-order valence-electron chi connectivity index (χ4n) is 3.74. The number of carbonyl (C=O) groups is 1. The minimum absolute atomic E-state index is 0.0188. The maximum atomic E-state index is 12.8. The van der Waals surface area contributed by atoms with Gasteiger partial charge in [0.2, 0.25) is 0 Å². The Morgan fingerprint density at radius 2 is 1.86 bits per heavy atom. The number of nitro groups is 1. The Labute approximate surface area is 218 Å². The van der Waals surface area contributed by atoms with E-state index in [0.29, 0.717) is 33.9 Å². The van der Waals surface area contributed by atoms with Crippen LogP contribution in [0.4, 0.5) is 16.2 Å². The van der Waals surface area contributed by atoms with Gasteiger partial charge < -0.3 is 15.4 Å². The molecule has 1 atom stereocenters. The lowest BCUT2D eigenvalue weighted by Gasteiger charge is -2.17. The summed E-state index contributed by atoms with van der Waals surface area (Å²) in [4.78, 5) is 23.5. The van der Waals surface area contributed by atoms with Gasteiger partial charge in [-0.3, -0.25) is 14.7 Å². The fraction of sp³-hybridized carbons (Fsp3) is 0.192. The molecule has 0 saturated heterocycles. The molecule has 1 unspecified atom stereocenters. The monoisotopic (exact) mass is 518 g/mol. The first kappa shape index (κ1) is 25.7. The standard InChI is InChI=1S/C26H26N6O4S/c1-17-7-6-8-19(15-17)16-37-26-30-29-24(31(26)20-11-13-21(14-12-20)32(34)35)18(2)27-25(33)28-22-9-4-5-10-23(22)36-3/h4-15,18H,16H2,1-3H3,(H2,27,28,33). The van der Waals surface area contributed by atoms with Crippen molar-refractivity contribution in [2.75, 3.05) is 12.4 Å². The van der Waals surface area contributed by atoms with Gasteiger partial charge in [0.05, 0.1) is 23.8 Å². The number of aryl methyl sites for hydroxylation is 1. The van der Waals surface area contributed by atoms with Crippen molar-refractivity contribution in [3.63, 3.8) is 0 Å². The van der Waals surface area contributed by atoms with E-state index >= 15 is 0 Å². The van der Waals surface area contributed by atoms with Crippen LogP contribution in [0.2, 0.25) is 0 Å². The number of urea groups is 1. The quantitative estimate of drug-likeness (QED) is 0.166. The molecule has 11 heteroatoms. The van der Waals surface area contributed by atoms with Crippen molar-refractivity contribution >= 4 is 29.2 Å². The first-order valence-corrected chi connectivity index (χ1v) is 12.4. The number of hydrogen-bond donors (Lipinski definition) is 2. The summed E-state index contributed by atoms with van der Waals surface area (Å²) < 4.78 is 7.10. The molecule has 1 heterocycles. The fourth-order valence-corrected chi connectivity index (χ4v) is 4.64. The summed E-state index contributed by atoms with van der Waals surface area (Å²) in [6.45, 7) is 3.83. The third kappa shape index (κ3) is 6.25. The average Bonchev–Trinajstić information content (AvgIpc) is 3.32. The van der Waals surface area contributed by atoms with Crippen molar-refractivity contribution in [3.05, 3.63) is 99.9 Å². The first-order valence-electron chi connectivity index (χ1n) is 11.4. The van der Waals surface area contributed by atoms with Gasteiger partial charge >= 0.3 is 6.03 Å². The predicted octanol–water partition coefficient (Wildman–Crippen LogP) is 5.67. The lowest BCUT2D eigenvalue weighted by Crippen LogP contribution is -2.32. The van der Waals surface area contributed by atoms with Gasteiger partial charge in [-0.25, -0.2) is 4.79 Å². The molecule has 0 spiro atoms. The van der Waals surface area contributed by atoms with Gasteiger partial charge in [0.1, 0.15) is 5.75 Å². The van der Waals surface area contributed by atoms with Gasteiger partial charge in [-0.05, 0) is 43.7 Å². The van der Waals surface area contributed by atoms with Crippen LogP contribution in [0, 0.1) is 17.0 Å². The van der Waals surface area contributed by atoms with Crippen LogP contribution < -0.4 is 15.4 Å². The number of methoxy groups -OCH3 is 1. The minimum atomic E-state index is -0.536. The Balaban J connectivity index is 1.60. The summed E-state index contributed by atoms with van der Waals surface area (Å²) >= 11 is 1.49. The summed E-state index contributed by atoms with van der Waals surface area (Å²) in [6, 6.07) is 20.5. The Bertz CT molecular complexity index is 1410. The number of thioether (sulfide) groups is 1. The zero-order valence-corrected chi connectivity index (χ0v) is 21.4. The lowest BCUT2D eigenvalue weighted by molar-refractivity contribution is -0.384. The van der Waals surface area contributed by atoms with Crippen molar-refractivity contribution in [3.8, 4) is 11.4 Å². The van der Waals surface area contributed by atoms with Crippen LogP contribution >= 0.6 is 11.8 Å². The molecule has 190 valence electrons.